The van der Waals surface area contributed by atoms with Gasteiger partial charge in [-0.15, -0.1) is 0 Å². The Labute approximate surface area is 267 Å². The van der Waals surface area contributed by atoms with Gasteiger partial charge in [0.05, 0.1) is 28.1 Å². The molecule has 12 heteroatoms. The van der Waals surface area contributed by atoms with Crippen LogP contribution in [0.15, 0.2) is 103 Å². The highest BCUT2D eigenvalue weighted by molar-refractivity contribution is 9.11. The van der Waals surface area contributed by atoms with Crippen LogP contribution in [0.5, 0.6) is 0 Å². The van der Waals surface area contributed by atoms with Gasteiger partial charge < -0.3 is 0 Å². The predicted octanol–water partition coefficient (Wildman–Crippen LogP) is 6.55. The molecule has 0 saturated carbocycles. The molecule has 6 rings (SSSR count). The molecule has 0 spiro atoms. The molecule has 4 heterocycles. The Hall–Kier alpha value is -3.32. The molecular formula is C29H15Br4N4O4+. The number of hydrogen-bond donors (Lipinski definition) is 0. The summed E-state index contributed by atoms with van der Waals surface area (Å²) in [6.07, 6.45) is 6.30. The number of Topliss-reactive ketones (excluding diaryl/α,β-unsaturated/α-hetero) is 2. The standard InChI is InChI=1S/C29H15Br4N4O4/c1-35-7-3-5-15(13-35)29(41)37-23-19(9-17(31)11-21(23)33)27(39)25(37)24-26(38)18-8-16(30)10-20(32)22(18)36(24)28(40)14-4-2-6-34-12-14/h2-13H,1H3/q+1/b25-24+. The van der Waals surface area contributed by atoms with Crippen molar-refractivity contribution in [2.24, 2.45) is 7.05 Å². The summed E-state index contributed by atoms with van der Waals surface area (Å²) in [5.74, 6) is -2.29. The van der Waals surface area contributed by atoms with Gasteiger partial charge in [-0.1, -0.05) is 31.9 Å². The quantitative estimate of drug-likeness (QED) is 0.170. The van der Waals surface area contributed by atoms with Crippen LogP contribution >= 0.6 is 63.7 Å². The number of fused-ring (bicyclic) bond motifs is 2. The maximum Gasteiger partial charge on any atom is 0.269 e. The Morgan fingerprint density at radius 1 is 0.756 bits per heavy atom. The zero-order valence-corrected chi connectivity index (χ0v) is 27.2. The van der Waals surface area contributed by atoms with Crippen LogP contribution in [0.25, 0.3) is 0 Å². The normalized spacial score (nSPS) is 15.8. The van der Waals surface area contributed by atoms with Gasteiger partial charge in [0, 0.05) is 36.4 Å². The largest absolute Gasteiger partial charge is 0.287 e. The highest BCUT2D eigenvalue weighted by atomic mass is 79.9. The van der Waals surface area contributed by atoms with Crippen molar-refractivity contribution in [1.29, 1.82) is 0 Å². The maximum atomic E-state index is 14.2. The monoisotopic (exact) mass is 799 g/mol. The summed E-state index contributed by atoms with van der Waals surface area (Å²) in [6.45, 7) is 0. The molecule has 0 bridgehead atoms. The summed E-state index contributed by atoms with van der Waals surface area (Å²) in [4.78, 5) is 63.2. The van der Waals surface area contributed by atoms with Gasteiger partial charge in [-0.25, -0.2) is 4.57 Å². The Morgan fingerprint density at radius 3 is 1.76 bits per heavy atom. The van der Waals surface area contributed by atoms with Crippen molar-refractivity contribution in [2.75, 3.05) is 9.80 Å². The molecular weight excluding hydrogens is 788 g/mol. The number of anilines is 2. The van der Waals surface area contributed by atoms with Crippen molar-refractivity contribution < 1.29 is 23.7 Å². The first-order valence-corrected chi connectivity index (χ1v) is 15.1. The van der Waals surface area contributed by atoms with E-state index < -0.39 is 23.4 Å². The fourth-order valence-electron chi connectivity index (χ4n) is 4.91. The minimum Gasteiger partial charge on any atom is -0.287 e. The molecule has 0 N–H and O–H groups in total. The number of amides is 2. The first-order chi connectivity index (χ1) is 19.6. The third-order valence-corrected chi connectivity index (χ3v) is 8.72. The Kier molecular flexibility index (Phi) is 7.13. The smallest absolute Gasteiger partial charge is 0.269 e. The lowest BCUT2D eigenvalue weighted by atomic mass is 10.1. The van der Waals surface area contributed by atoms with Crippen LogP contribution in [0.2, 0.25) is 0 Å². The van der Waals surface area contributed by atoms with E-state index in [1.165, 1.54) is 22.2 Å². The van der Waals surface area contributed by atoms with Gasteiger partial charge in [0.2, 0.25) is 11.6 Å². The molecule has 8 nitrogen and oxygen atoms in total. The zero-order chi connectivity index (χ0) is 29.2. The van der Waals surface area contributed by atoms with E-state index >= 15 is 0 Å². The predicted molar refractivity (Wildman–Crippen MR) is 165 cm³/mol. The average molecular weight is 803 g/mol. The molecule has 0 atom stereocenters. The van der Waals surface area contributed by atoms with Crippen LogP contribution in [0.4, 0.5) is 11.4 Å². The average Bonchev–Trinajstić information content (AvgIpc) is 3.39. The highest BCUT2D eigenvalue weighted by Crippen LogP contribution is 2.49. The second-order valence-corrected chi connectivity index (χ2v) is 12.7. The van der Waals surface area contributed by atoms with Gasteiger partial charge in [0.25, 0.3) is 11.8 Å². The first kappa shape index (κ1) is 27.8. The molecule has 41 heavy (non-hydrogen) atoms. The lowest BCUT2D eigenvalue weighted by Crippen LogP contribution is -2.38. The molecule has 0 aliphatic carbocycles. The Bertz CT molecular complexity index is 1890. The number of allylic oxidation sites excluding steroid dienone is 2. The van der Waals surface area contributed by atoms with Crippen LogP contribution in [-0.2, 0) is 7.05 Å². The van der Waals surface area contributed by atoms with Crippen molar-refractivity contribution in [1.82, 2.24) is 4.98 Å². The molecule has 2 aromatic carbocycles. The summed E-state index contributed by atoms with van der Waals surface area (Å²) in [6, 6.07) is 13.1. The van der Waals surface area contributed by atoms with E-state index in [-0.39, 0.29) is 45.0 Å². The van der Waals surface area contributed by atoms with Crippen molar-refractivity contribution >= 4 is 98.5 Å². The summed E-state index contributed by atoms with van der Waals surface area (Å²) in [7, 11) is 1.77. The summed E-state index contributed by atoms with van der Waals surface area (Å²) < 4.78 is 3.80. The highest BCUT2D eigenvalue weighted by Gasteiger charge is 2.48. The van der Waals surface area contributed by atoms with Gasteiger partial charge in [-0.2, -0.15) is 0 Å². The van der Waals surface area contributed by atoms with E-state index in [9.17, 15) is 19.2 Å². The second kappa shape index (κ2) is 10.5. The second-order valence-electron chi connectivity index (χ2n) is 9.20. The van der Waals surface area contributed by atoms with Crippen LogP contribution in [0.3, 0.4) is 0 Å². The maximum absolute atomic E-state index is 14.2. The number of carbonyl (C=O) groups is 4. The third kappa shape index (κ3) is 4.53. The minimum absolute atomic E-state index is 0.188. The van der Waals surface area contributed by atoms with Crippen molar-refractivity contribution in [3.63, 3.8) is 0 Å². The van der Waals surface area contributed by atoms with Crippen molar-refractivity contribution in [3.05, 3.63) is 125 Å². The lowest BCUT2D eigenvalue weighted by Gasteiger charge is -2.25. The number of ketones is 2. The third-order valence-electron chi connectivity index (χ3n) is 6.60. The molecule has 2 amide bonds. The van der Waals surface area contributed by atoms with Gasteiger partial charge in [-0.05, 0) is 74.3 Å². The molecule has 0 radical (unpaired) electrons. The number of pyridine rings is 2. The minimum atomic E-state index is -0.585. The Balaban J connectivity index is 1.69. The van der Waals surface area contributed by atoms with E-state index in [4.69, 9.17) is 0 Å². The topological polar surface area (TPSA) is 91.5 Å². The molecule has 2 aromatic heterocycles. The molecule has 2 aliphatic rings. The first-order valence-electron chi connectivity index (χ1n) is 11.9. The SMILES string of the molecule is C[n+]1cccc(C(=O)N2/C(=C3\C(=O)c4cc(Br)cc(Br)c4N3C(=O)c3cccnc3)C(=O)c3cc(Br)cc(Br)c32)c1. The van der Waals surface area contributed by atoms with Gasteiger partial charge in [-0.3, -0.25) is 34.0 Å². The lowest BCUT2D eigenvalue weighted by molar-refractivity contribution is -0.671. The van der Waals surface area contributed by atoms with E-state index in [1.807, 2.05) is 0 Å². The number of aromatic nitrogens is 2. The number of hydrogen-bond acceptors (Lipinski definition) is 5. The Morgan fingerprint density at radius 2 is 1.27 bits per heavy atom. The molecule has 0 fully saturated rings. The number of rotatable bonds is 2. The summed E-state index contributed by atoms with van der Waals surface area (Å²) >= 11 is 13.8. The van der Waals surface area contributed by atoms with Crippen LogP contribution in [0.1, 0.15) is 41.4 Å². The van der Waals surface area contributed by atoms with Crippen molar-refractivity contribution in [3.8, 4) is 0 Å². The van der Waals surface area contributed by atoms with Gasteiger partial charge in [0.15, 0.2) is 12.4 Å². The fraction of sp³-hybridized carbons (Fsp3) is 0.0345. The van der Waals surface area contributed by atoms with Crippen LogP contribution < -0.4 is 14.4 Å². The number of nitrogens with zero attached hydrogens (tertiary/aromatic N) is 4. The van der Waals surface area contributed by atoms with E-state index in [1.54, 1.807) is 72.5 Å². The van der Waals surface area contributed by atoms with Gasteiger partial charge >= 0.3 is 0 Å². The summed E-state index contributed by atoms with van der Waals surface area (Å²) in [5.41, 5.74) is 0.935. The van der Waals surface area contributed by atoms with E-state index in [0.717, 1.165) is 0 Å². The van der Waals surface area contributed by atoms with Gasteiger partial charge in [0.1, 0.15) is 24.0 Å². The number of halogens is 4. The molecule has 0 unspecified atom stereocenters. The van der Waals surface area contributed by atoms with Crippen LogP contribution in [0, 0.1) is 0 Å². The molecule has 4 aromatic rings. The molecule has 0 saturated heterocycles. The zero-order valence-electron chi connectivity index (χ0n) is 20.9. The van der Waals surface area contributed by atoms with E-state index in [2.05, 4.69) is 68.7 Å². The number of carbonyl (C=O) groups excluding carboxylic acids is 4. The summed E-state index contributed by atoms with van der Waals surface area (Å²) in [5, 5.41) is 0. The van der Waals surface area contributed by atoms with E-state index in [0.29, 0.717) is 17.9 Å². The van der Waals surface area contributed by atoms with Crippen molar-refractivity contribution in [2.45, 2.75) is 0 Å². The van der Waals surface area contributed by atoms with Crippen LogP contribution in [-0.4, -0.2) is 28.4 Å². The molecule has 202 valence electrons. The fourth-order valence-corrected chi connectivity index (χ4v) is 7.71. The number of aryl methyl sites for hydroxylation is 1. The molecule has 2 aliphatic heterocycles. The number of benzene rings is 2.